The molecule has 0 bridgehead atoms. The molecule has 0 amide bonds. The zero-order chi connectivity index (χ0) is 82.5. The van der Waals surface area contributed by atoms with Gasteiger partial charge in [0.1, 0.15) is 92.6 Å². The molecule has 26 heteroatoms. The van der Waals surface area contributed by atoms with Gasteiger partial charge in [-0.3, -0.25) is 28.2 Å². The molecule has 0 spiro atoms. The molecular formula is C87H159O25P. The van der Waals surface area contributed by atoms with E-state index in [4.69, 9.17) is 46.9 Å². The minimum Gasteiger partial charge on any atom is -0.463 e. The first-order valence-electron chi connectivity index (χ1n) is 45.1. The van der Waals surface area contributed by atoms with Crippen LogP contribution in [0.15, 0.2) is 24.3 Å². The van der Waals surface area contributed by atoms with Crippen LogP contribution in [0.2, 0.25) is 0 Å². The summed E-state index contributed by atoms with van der Waals surface area (Å²) in [5, 5.41) is 102. The molecule has 18 unspecified atom stereocenters. The largest absolute Gasteiger partial charge is 0.472 e. The van der Waals surface area contributed by atoms with E-state index >= 15 is 0 Å². The van der Waals surface area contributed by atoms with E-state index < -0.39 is 162 Å². The maximum atomic E-state index is 14.9. The van der Waals surface area contributed by atoms with Gasteiger partial charge >= 0.3 is 31.7 Å². The smallest absolute Gasteiger partial charge is 0.463 e. The lowest BCUT2D eigenvalue weighted by Crippen LogP contribution is -2.70. The molecule has 0 radical (unpaired) electrons. The van der Waals surface area contributed by atoms with E-state index in [0.29, 0.717) is 32.1 Å². The van der Waals surface area contributed by atoms with Crippen molar-refractivity contribution in [2.45, 2.75) is 479 Å². The third kappa shape index (κ3) is 47.5. The number of hydrogen-bond acceptors (Lipinski definition) is 24. The molecular weight excluding hydrogens is 1480 g/mol. The van der Waals surface area contributed by atoms with Crippen LogP contribution in [0, 0.1) is 0 Å². The molecule has 3 aliphatic rings. The summed E-state index contributed by atoms with van der Waals surface area (Å²) in [7, 11) is -5.80. The molecule has 0 aromatic carbocycles. The topological polar surface area (TPSA) is 380 Å². The Labute approximate surface area is 679 Å². The van der Waals surface area contributed by atoms with Crippen LogP contribution < -0.4 is 0 Å². The van der Waals surface area contributed by atoms with Crippen molar-refractivity contribution >= 4 is 31.7 Å². The van der Waals surface area contributed by atoms with Crippen LogP contribution in [0.4, 0.5) is 0 Å². The van der Waals surface area contributed by atoms with Crippen LogP contribution >= 0.6 is 7.82 Å². The Bertz CT molecular complexity index is 2460. The lowest BCUT2D eigenvalue weighted by atomic mass is 9.84. The second-order valence-corrected chi connectivity index (χ2v) is 33.5. The van der Waals surface area contributed by atoms with E-state index in [0.717, 1.165) is 141 Å². The molecule has 1 aliphatic carbocycles. The Morgan fingerprint density at radius 1 is 0.345 bits per heavy atom. The highest BCUT2D eigenvalue weighted by atomic mass is 31.2. The highest BCUT2D eigenvalue weighted by Gasteiger charge is 2.60. The number of phosphoric ester groups is 1. The van der Waals surface area contributed by atoms with E-state index in [1.54, 1.807) is 0 Å². The number of unbranched alkanes of at least 4 members (excludes halogenated alkanes) is 44. The number of carbonyl (C=O) groups excluding carboxylic acids is 4. The minimum atomic E-state index is -5.80. The maximum Gasteiger partial charge on any atom is 0.472 e. The van der Waals surface area contributed by atoms with Gasteiger partial charge < -0.3 is 88.7 Å². The predicted molar refractivity (Wildman–Crippen MR) is 435 cm³/mol. The number of hydrogen-bond donors (Lipinski definition) is 10. The lowest BCUT2D eigenvalue weighted by molar-refractivity contribution is -0.360. The number of allylic oxidation sites excluding steroid dienone is 4. The third-order valence-corrected chi connectivity index (χ3v) is 22.9. The summed E-state index contributed by atoms with van der Waals surface area (Å²) in [6, 6.07) is 0. The molecule has 1 saturated carbocycles. The van der Waals surface area contributed by atoms with E-state index in [9.17, 15) is 74.6 Å². The van der Waals surface area contributed by atoms with Crippen molar-refractivity contribution in [2.24, 2.45) is 0 Å². The number of ether oxygens (including phenoxy) is 8. The number of rotatable bonds is 72. The molecule has 0 aromatic rings. The highest BCUT2D eigenvalue weighted by Crippen LogP contribution is 2.49. The summed E-state index contributed by atoms with van der Waals surface area (Å²) in [4.78, 5) is 66.2. The van der Waals surface area contributed by atoms with Crippen LogP contribution in [0.5, 0.6) is 0 Å². The zero-order valence-corrected chi connectivity index (χ0v) is 71.1. The van der Waals surface area contributed by atoms with Gasteiger partial charge in [0.15, 0.2) is 24.8 Å². The molecule has 0 aromatic heterocycles. The summed E-state index contributed by atoms with van der Waals surface area (Å²) in [6.07, 6.45) is 24.9. The van der Waals surface area contributed by atoms with Gasteiger partial charge in [0.05, 0.1) is 13.2 Å². The van der Waals surface area contributed by atoms with Crippen molar-refractivity contribution in [3.8, 4) is 0 Å². The van der Waals surface area contributed by atoms with Crippen LogP contribution in [0.3, 0.4) is 0 Å². The average Bonchev–Trinajstić information content (AvgIpc) is 0.754. The van der Waals surface area contributed by atoms with E-state index in [1.807, 2.05) is 0 Å². The Balaban J connectivity index is 1.93. The van der Waals surface area contributed by atoms with Gasteiger partial charge in [-0.05, 0) is 77.0 Å². The van der Waals surface area contributed by atoms with Gasteiger partial charge in [-0.1, -0.05) is 296 Å². The number of carbonyl (C=O) groups is 4. The fourth-order valence-corrected chi connectivity index (χ4v) is 15.7. The molecule has 3 rings (SSSR count). The van der Waals surface area contributed by atoms with Gasteiger partial charge in [0.25, 0.3) is 0 Å². The first-order valence-corrected chi connectivity index (χ1v) is 46.6. The number of phosphoric acid groups is 1. The molecule has 2 saturated heterocycles. The van der Waals surface area contributed by atoms with Crippen LogP contribution in [0.25, 0.3) is 0 Å². The van der Waals surface area contributed by atoms with E-state index in [2.05, 4.69) is 52.0 Å². The van der Waals surface area contributed by atoms with E-state index in [-0.39, 0.29) is 32.1 Å². The molecule has 662 valence electrons. The molecule has 2 heterocycles. The van der Waals surface area contributed by atoms with Crippen molar-refractivity contribution in [3.05, 3.63) is 24.3 Å². The number of aliphatic hydroxyl groups excluding tert-OH is 9. The fourth-order valence-electron chi connectivity index (χ4n) is 14.7. The van der Waals surface area contributed by atoms with Crippen molar-refractivity contribution in [1.29, 1.82) is 0 Å². The van der Waals surface area contributed by atoms with Crippen molar-refractivity contribution in [2.75, 3.05) is 26.4 Å². The summed E-state index contributed by atoms with van der Waals surface area (Å²) in [5.74, 6) is -2.98. The lowest BCUT2D eigenvalue weighted by Gasteiger charge is -2.50. The Morgan fingerprint density at radius 3 is 1.07 bits per heavy atom. The summed E-state index contributed by atoms with van der Waals surface area (Å²) < 4.78 is 73.2. The molecule has 2 aliphatic heterocycles. The van der Waals surface area contributed by atoms with Gasteiger partial charge in [-0.25, -0.2) is 4.57 Å². The average molecular weight is 1640 g/mol. The highest BCUT2D eigenvalue weighted by molar-refractivity contribution is 7.47. The summed E-state index contributed by atoms with van der Waals surface area (Å²) >= 11 is 0. The molecule has 10 N–H and O–H groups in total. The third-order valence-electron chi connectivity index (χ3n) is 21.9. The van der Waals surface area contributed by atoms with Crippen LogP contribution in [-0.2, 0) is 70.7 Å². The van der Waals surface area contributed by atoms with Crippen molar-refractivity contribution in [1.82, 2.24) is 0 Å². The van der Waals surface area contributed by atoms with Gasteiger partial charge in [-0.2, -0.15) is 0 Å². The molecule has 3 fully saturated rings. The Kier molecular flexibility index (Phi) is 61.5. The molecule has 25 nitrogen and oxygen atoms in total. The Hall–Kier alpha value is -3.05. The first-order chi connectivity index (χ1) is 54.7. The quantitative estimate of drug-likeness (QED) is 0.00889. The summed E-state index contributed by atoms with van der Waals surface area (Å²) in [5.41, 5.74) is 0. The van der Waals surface area contributed by atoms with Crippen molar-refractivity contribution in [3.63, 3.8) is 0 Å². The van der Waals surface area contributed by atoms with E-state index in [1.165, 1.54) is 141 Å². The standard InChI is InChI=1S/C87H159O25P/c1-5-9-13-17-21-25-29-33-34-38-40-44-48-52-56-60-71(90)104-66-69-75(94)77(96)81(100)87(108-69)111-84-82(109-73(92)62-58-54-50-46-42-37-32-28-24-20-16-12-8-4)78(97)79(98)83(110-86-80(99)76(95)74(93)68(63-88)107-86)85(84)112-113(101,102)105-65-67(106-72(91)61-57-53-49-45-41-36-31-27-23-19-15-11-7-3)64-103-70(89)59-55-51-47-43-39-35-30-26-22-18-14-10-6-2/h25,29,37,42,67-69,74-88,93-100H,5-24,26-28,30-36,38-41,43-66H2,1-4H3,(H,101,102)/b29-25-,42-37-. The molecule has 18 atom stereocenters. The fraction of sp³-hybridized carbons (Fsp3) is 0.908. The second-order valence-electron chi connectivity index (χ2n) is 32.1. The summed E-state index contributed by atoms with van der Waals surface area (Å²) in [6.45, 7) is 5.54. The van der Waals surface area contributed by atoms with Crippen molar-refractivity contribution < 1.29 is 122 Å². The van der Waals surface area contributed by atoms with Gasteiger partial charge in [0, 0.05) is 25.7 Å². The molecule has 113 heavy (non-hydrogen) atoms. The Morgan fingerprint density at radius 2 is 0.664 bits per heavy atom. The number of aliphatic hydroxyl groups is 9. The van der Waals surface area contributed by atoms with Crippen LogP contribution in [0.1, 0.15) is 374 Å². The van der Waals surface area contributed by atoms with Gasteiger partial charge in [-0.15, -0.1) is 0 Å². The van der Waals surface area contributed by atoms with Gasteiger partial charge in [0.2, 0.25) is 0 Å². The maximum absolute atomic E-state index is 14.9. The number of esters is 4. The monoisotopic (exact) mass is 1640 g/mol. The SMILES string of the molecule is CCCCCC/C=C\CCCCCCCCCC(=O)OCC1OC(OC2C(OC(=O)CCCCC/C=C\CCCCCCCC)C(O)C(O)C(OC3OC(CO)C(O)C(O)C3O)C2OP(=O)(O)OCC(COC(=O)CCCCCCCCCCCCCCC)OC(=O)CCCCCCCCCCCCCCC)C(O)C(O)C1O. The minimum absolute atomic E-state index is 0.00811. The normalized spacial score (nSPS) is 25.6. The predicted octanol–water partition coefficient (Wildman–Crippen LogP) is 15.8. The second kappa shape index (κ2) is 66.7. The van der Waals surface area contributed by atoms with Crippen LogP contribution in [-0.4, -0.2) is 205 Å². The first kappa shape index (κ1) is 104. The zero-order valence-electron chi connectivity index (χ0n) is 70.2.